The van der Waals surface area contributed by atoms with E-state index in [1.165, 1.54) is 5.56 Å². The molecule has 2 rings (SSSR count). The molecule has 0 saturated heterocycles. The second-order valence-electron chi connectivity index (χ2n) is 4.91. The van der Waals surface area contributed by atoms with Gasteiger partial charge in [0.15, 0.2) is 0 Å². The van der Waals surface area contributed by atoms with Gasteiger partial charge in [0.05, 0.1) is 0 Å². The van der Waals surface area contributed by atoms with Crippen LogP contribution in [0.1, 0.15) is 41.7 Å². The predicted molar refractivity (Wildman–Crippen MR) is 83.4 cm³/mol. The molecule has 0 aliphatic carbocycles. The van der Waals surface area contributed by atoms with Gasteiger partial charge in [-0.25, -0.2) is 0 Å². The summed E-state index contributed by atoms with van der Waals surface area (Å²) in [4.78, 5) is 0. The molecule has 0 aliphatic heterocycles. The number of hydrogen-bond donors (Lipinski definition) is 1. The Morgan fingerprint density at radius 3 is 2.53 bits per heavy atom. The van der Waals surface area contributed by atoms with Crippen LogP contribution in [0.5, 0.6) is 0 Å². The SMILES string of the molecule is CCCc1cccc(C(O)c2ccc(Br)c(C)c2)c1. The maximum Gasteiger partial charge on any atom is 0.104 e. The second-order valence-corrected chi connectivity index (χ2v) is 5.76. The summed E-state index contributed by atoms with van der Waals surface area (Å²) in [6.45, 7) is 4.20. The van der Waals surface area contributed by atoms with Crippen molar-refractivity contribution in [1.82, 2.24) is 0 Å². The standard InChI is InChI=1S/C17H19BrO/c1-3-5-13-6-4-7-14(11-13)17(19)15-8-9-16(18)12(2)10-15/h4,6-11,17,19H,3,5H2,1-2H3. The molecule has 2 heteroatoms. The van der Waals surface area contributed by atoms with Gasteiger partial charge in [-0.2, -0.15) is 0 Å². The van der Waals surface area contributed by atoms with Crippen LogP contribution in [0.25, 0.3) is 0 Å². The van der Waals surface area contributed by atoms with E-state index in [2.05, 4.69) is 35.0 Å². The fourth-order valence-electron chi connectivity index (χ4n) is 2.24. The van der Waals surface area contributed by atoms with Crippen molar-refractivity contribution in [1.29, 1.82) is 0 Å². The van der Waals surface area contributed by atoms with E-state index in [0.717, 1.165) is 34.0 Å². The van der Waals surface area contributed by atoms with Crippen LogP contribution in [0.2, 0.25) is 0 Å². The second kappa shape index (κ2) is 6.36. The van der Waals surface area contributed by atoms with Crippen LogP contribution < -0.4 is 0 Å². The number of rotatable bonds is 4. The lowest BCUT2D eigenvalue weighted by Crippen LogP contribution is -2.01. The molecule has 2 aromatic carbocycles. The zero-order chi connectivity index (χ0) is 13.8. The third-order valence-corrected chi connectivity index (χ3v) is 4.19. The highest BCUT2D eigenvalue weighted by Gasteiger charge is 2.11. The Hall–Kier alpha value is -1.12. The molecule has 0 spiro atoms. The highest BCUT2D eigenvalue weighted by molar-refractivity contribution is 9.10. The zero-order valence-corrected chi connectivity index (χ0v) is 12.9. The summed E-state index contributed by atoms with van der Waals surface area (Å²) in [6.07, 6.45) is 1.63. The van der Waals surface area contributed by atoms with Crippen molar-refractivity contribution in [3.63, 3.8) is 0 Å². The van der Waals surface area contributed by atoms with Crippen molar-refractivity contribution < 1.29 is 5.11 Å². The lowest BCUT2D eigenvalue weighted by molar-refractivity contribution is 0.220. The van der Waals surface area contributed by atoms with Crippen LogP contribution in [0, 0.1) is 6.92 Å². The molecular formula is C17H19BrO. The van der Waals surface area contributed by atoms with Gasteiger partial charge >= 0.3 is 0 Å². The minimum atomic E-state index is -0.552. The van der Waals surface area contributed by atoms with Crippen LogP contribution in [0.15, 0.2) is 46.9 Å². The minimum absolute atomic E-state index is 0.552. The predicted octanol–water partition coefficient (Wildman–Crippen LogP) is 4.79. The van der Waals surface area contributed by atoms with Crippen LogP contribution in [0.3, 0.4) is 0 Å². The van der Waals surface area contributed by atoms with E-state index in [9.17, 15) is 5.11 Å². The smallest absolute Gasteiger partial charge is 0.104 e. The lowest BCUT2D eigenvalue weighted by Gasteiger charge is -2.14. The number of halogens is 1. The molecule has 0 heterocycles. The first-order valence-corrected chi connectivity index (χ1v) is 7.44. The molecule has 100 valence electrons. The number of aryl methyl sites for hydroxylation is 2. The third kappa shape index (κ3) is 3.46. The largest absolute Gasteiger partial charge is 0.384 e. The van der Waals surface area contributed by atoms with Crippen molar-refractivity contribution >= 4 is 15.9 Å². The van der Waals surface area contributed by atoms with Gasteiger partial charge < -0.3 is 5.11 Å². The maximum absolute atomic E-state index is 10.5. The highest BCUT2D eigenvalue weighted by Crippen LogP contribution is 2.26. The van der Waals surface area contributed by atoms with Gasteiger partial charge in [0.2, 0.25) is 0 Å². The molecule has 19 heavy (non-hydrogen) atoms. The Morgan fingerprint density at radius 1 is 1.11 bits per heavy atom. The first kappa shape index (κ1) is 14.3. The van der Waals surface area contributed by atoms with Gasteiger partial charge in [-0.3, -0.25) is 0 Å². The summed E-state index contributed by atoms with van der Waals surface area (Å²) < 4.78 is 1.07. The quantitative estimate of drug-likeness (QED) is 0.859. The number of hydrogen-bond acceptors (Lipinski definition) is 1. The average Bonchev–Trinajstić information content (AvgIpc) is 2.42. The summed E-state index contributed by atoms with van der Waals surface area (Å²) in [6, 6.07) is 14.2. The monoisotopic (exact) mass is 318 g/mol. The van der Waals surface area contributed by atoms with Crippen LogP contribution in [-0.2, 0) is 6.42 Å². The van der Waals surface area contributed by atoms with E-state index in [-0.39, 0.29) is 0 Å². The van der Waals surface area contributed by atoms with E-state index in [0.29, 0.717) is 0 Å². The number of benzene rings is 2. The minimum Gasteiger partial charge on any atom is -0.384 e. The Labute approximate surface area is 123 Å². The van der Waals surface area contributed by atoms with Gasteiger partial charge in [0.25, 0.3) is 0 Å². The summed E-state index contributed by atoms with van der Waals surface area (Å²) in [5, 5.41) is 10.5. The fourth-order valence-corrected chi connectivity index (χ4v) is 2.48. The zero-order valence-electron chi connectivity index (χ0n) is 11.4. The third-order valence-electron chi connectivity index (χ3n) is 3.30. The molecule has 1 unspecified atom stereocenters. The fraction of sp³-hybridized carbons (Fsp3) is 0.294. The van der Waals surface area contributed by atoms with Crippen molar-refractivity contribution in [2.45, 2.75) is 32.8 Å². The molecule has 0 amide bonds. The van der Waals surface area contributed by atoms with Crippen LogP contribution in [-0.4, -0.2) is 5.11 Å². The Bertz CT molecular complexity index is 563. The van der Waals surface area contributed by atoms with E-state index >= 15 is 0 Å². The van der Waals surface area contributed by atoms with Crippen molar-refractivity contribution in [3.05, 3.63) is 69.2 Å². The van der Waals surface area contributed by atoms with E-state index < -0.39 is 6.10 Å². The van der Waals surface area contributed by atoms with Gasteiger partial charge in [0, 0.05) is 4.47 Å². The molecule has 2 aromatic rings. The normalized spacial score (nSPS) is 12.4. The van der Waals surface area contributed by atoms with Crippen LogP contribution >= 0.6 is 15.9 Å². The molecule has 0 bridgehead atoms. The average molecular weight is 319 g/mol. The first-order chi connectivity index (χ1) is 9.11. The van der Waals surface area contributed by atoms with E-state index in [1.54, 1.807) is 0 Å². The highest BCUT2D eigenvalue weighted by atomic mass is 79.9. The molecule has 0 saturated carbocycles. The number of aliphatic hydroxyl groups is 1. The molecule has 0 radical (unpaired) electrons. The van der Waals surface area contributed by atoms with Gasteiger partial charge in [-0.15, -0.1) is 0 Å². The first-order valence-electron chi connectivity index (χ1n) is 6.64. The maximum atomic E-state index is 10.5. The lowest BCUT2D eigenvalue weighted by atomic mass is 9.97. The van der Waals surface area contributed by atoms with Gasteiger partial charge in [-0.1, -0.05) is 65.7 Å². The Balaban J connectivity index is 2.29. The molecular weight excluding hydrogens is 300 g/mol. The van der Waals surface area contributed by atoms with Crippen LogP contribution in [0.4, 0.5) is 0 Å². The van der Waals surface area contributed by atoms with Crippen molar-refractivity contribution in [2.75, 3.05) is 0 Å². The van der Waals surface area contributed by atoms with E-state index in [1.807, 2.05) is 37.3 Å². The summed E-state index contributed by atoms with van der Waals surface area (Å²) >= 11 is 3.49. The Kier molecular flexibility index (Phi) is 4.78. The molecule has 0 fully saturated rings. The molecule has 1 nitrogen and oxygen atoms in total. The number of aliphatic hydroxyl groups excluding tert-OH is 1. The molecule has 1 N–H and O–H groups in total. The summed E-state index contributed by atoms with van der Waals surface area (Å²) in [5.74, 6) is 0. The van der Waals surface area contributed by atoms with Gasteiger partial charge in [0.1, 0.15) is 6.10 Å². The van der Waals surface area contributed by atoms with Gasteiger partial charge in [-0.05, 0) is 41.7 Å². The topological polar surface area (TPSA) is 20.2 Å². The summed E-state index contributed by atoms with van der Waals surface area (Å²) in [7, 11) is 0. The van der Waals surface area contributed by atoms with Crippen molar-refractivity contribution in [2.24, 2.45) is 0 Å². The molecule has 0 aromatic heterocycles. The molecule has 0 aliphatic rings. The van der Waals surface area contributed by atoms with E-state index in [4.69, 9.17) is 0 Å². The van der Waals surface area contributed by atoms with Crippen molar-refractivity contribution in [3.8, 4) is 0 Å². The molecule has 1 atom stereocenters. The Morgan fingerprint density at radius 2 is 1.84 bits per heavy atom. The summed E-state index contributed by atoms with van der Waals surface area (Å²) in [5.41, 5.74) is 4.33.